The molecular weight excluding hydrogens is 164 g/mol. The standard InChI is InChI=1S/C11H14O2/c1-8(2)9-6-4-5-7-10(9)11(12)13-3/h4-8H,1-3H3. The summed E-state index contributed by atoms with van der Waals surface area (Å²) < 4.78 is 4.69. The third-order valence-electron chi connectivity index (χ3n) is 1.99. The van der Waals surface area contributed by atoms with E-state index in [9.17, 15) is 4.79 Å². The van der Waals surface area contributed by atoms with Gasteiger partial charge in [0, 0.05) is 0 Å². The Balaban J connectivity index is 3.12. The number of carbonyl (C=O) groups is 1. The second-order valence-electron chi connectivity index (χ2n) is 3.23. The minimum atomic E-state index is -0.260. The fourth-order valence-electron chi connectivity index (χ4n) is 1.30. The molecule has 0 amide bonds. The number of methoxy groups -OCH3 is 1. The quantitative estimate of drug-likeness (QED) is 0.651. The van der Waals surface area contributed by atoms with Crippen LogP contribution in [0.5, 0.6) is 0 Å². The monoisotopic (exact) mass is 178 g/mol. The molecule has 1 rings (SSSR count). The molecule has 0 aromatic heterocycles. The summed E-state index contributed by atoms with van der Waals surface area (Å²) in [5, 5.41) is 0. The molecule has 1 aromatic rings. The van der Waals surface area contributed by atoms with Gasteiger partial charge in [-0.1, -0.05) is 32.0 Å². The van der Waals surface area contributed by atoms with E-state index in [0.717, 1.165) is 5.56 Å². The molecule has 0 atom stereocenters. The Labute approximate surface area is 78.5 Å². The average molecular weight is 178 g/mol. The summed E-state index contributed by atoms with van der Waals surface area (Å²) in [6.07, 6.45) is 0. The molecule has 70 valence electrons. The Morgan fingerprint density at radius 3 is 2.46 bits per heavy atom. The van der Waals surface area contributed by atoms with Crippen LogP contribution in [0.1, 0.15) is 35.7 Å². The molecule has 2 heteroatoms. The highest BCUT2D eigenvalue weighted by molar-refractivity contribution is 5.91. The number of benzene rings is 1. The summed E-state index contributed by atoms with van der Waals surface area (Å²) in [5.41, 5.74) is 1.70. The van der Waals surface area contributed by atoms with Gasteiger partial charge in [0.15, 0.2) is 0 Å². The Morgan fingerprint density at radius 2 is 1.92 bits per heavy atom. The van der Waals surface area contributed by atoms with Gasteiger partial charge < -0.3 is 4.74 Å². The van der Waals surface area contributed by atoms with Crippen molar-refractivity contribution >= 4 is 5.97 Å². The van der Waals surface area contributed by atoms with E-state index in [1.807, 2.05) is 18.2 Å². The van der Waals surface area contributed by atoms with E-state index < -0.39 is 0 Å². The molecule has 0 fully saturated rings. The second-order valence-corrected chi connectivity index (χ2v) is 3.23. The van der Waals surface area contributed by atoms with Crippen LogP contribution in [0.3, 0.4) is 0 Å². The molecule has 0 saturated heterocycles. The molecule has 0 saturated carbocycles. The first kappa shape index (κ1) is 9.78. The predicted octanol–water partition coefficient (Wildman–Crippen LogP) is 2.60. The van der Waals surface area contributed by atoms with Crippen molar-refractivity contribution in [2.75, 3.05) is 7.11 Å². The van der Waals surface area contributed by atoms with Crippen LogP contribution >= 0.6 is 0 Å². The third-order valence-corrected chi connectivity index (χ3v) is 1.99. The Bertz CT molecular complexity index is 303. The lowest BCUT2D eigenvalue weighted by atomic mass is 9.97. The number of carbonyl (C=O) groups excluding carboxylic acids is 1. The zero-order chi connectivity index (χ0) is 9.84. The van der Waals surface area contributed by atoms with E-state index in [4.69, 9.17) is 0 Å². The average Bonchev–Trinajstić information content (AvgIpc) is 2.16. The molecule has 0 radical (unpaired) electrons. The molecule has 0 aliphatic heterocycles. The lowest BCUT2D eigenvalue weighted by Crippen LogP contribution is -2.06. The van der Waals surface area contributed by atoms with E-state index in [2.05, 4.69) is 18.6 Å². The van der Waals surface area contributed by atoms with Gasteiger partial charge in [-0.05, 0) is 17.5 Å². The molecule has 0 unspecified atom stereocenters. The fourth-order valence-corrected chi connectivity index (χ4v) is 1.30. The van der Waals surface area contributed by atoms with Gasteiger partial charge in [-0.2, -0.15) is 0 Å². The number of hydrogen-bond acceptors (Lipinski definition) is 2. The van der Waals surface area contributed by atoms with Gasteiger partial charge in [0.05, 0.1) is 12.7 Å². The van der Waals surface area contributed by atoms with E-state index in [1.54, 1.807) is 6.07 Å². The number of esters is 1. The van der Waals surface area contributed by atoms with Crippen LogP contribution in [0.4, 0.5) is 0 Å². The summed E-state index contributed by atoms with van der Waals surface area (Å²) >= 11 is 0. The molecule has 0 N–H and O–H groups in total. The van der Waals surface area contributed by atoms with Gasteiger partial charge in [0.1, 0.15) is 0 Å². The predicted molar refractivity (Wildman–Crippen MR) is 51.9 cm³/mol. The zero-order valence-corrected chi connectivity index (χ0v) is 8.20. The lowest BCUT2D eigenvalue weighted by Gasteiger charge is -2.09. The van der Waals surface area contributed by atoms with Crippen LogP contribution in [0.25, 0.3) is 0 Å². The van der Waals surface area contributed by atoms with Crippen LogP contribution in [-0.2, 0) is 4.74 Å². The van der Waals surface area contributed by atoms with Crippen LogP contribution in [0.15, 0.2) is 24.3 Å². The summed E-state index contributed by atoms with van der Waals surface area (Å²) in [6, 6.07) is 7.53. The molecule has 1 aromatic carbocycles. The van der Waals surface area contributed by atoms with Crippen LogP contribution in [0, 0.1) is 0 Å². The summed E-state index contributed by atoms with van der Waals surface area (Å²) in [4.78, 5) is 11.3. The van der Waals surface area contributed by atoms with Gasteiger partial charge in [-0.15, -0.1) is 0 Å². The van der Waals surface area contributed by atoms with E-state index in [0.29, 0.717) is 11.5 Å². The molecule has 0 heterocycles. The van der Waals surface area contributed by atoms with Gasteiger partial charge in [0.2, 0.25) is 0 Å². The minimum Gasteiger partial charge on any atom is -0.465 e. The van der Waals surface area contributed by atoms with Gasteiger partial charge in [0.25, 0.3) is 0 Å². The van der Waals surface area contributed by atoms with Crippen LogP contribution in [0.2, 0.25) is 0 Å². The van der Waals surface area contributed by atoms with Gasteiger partial charge >= 0.3 is 5.97 Å². The summed E-state index contributed by atoms with van der Waals surface area (Å²) in [7, 11) is 1.40. The van der Waals surface area contributed by atoms with Crippen molar-refractivity contribution in [1.82, 2.24) is 0 Å². The van der Waals surface area contributed by atoms with E-state index in [-0.39, 0.29) is 5.97 Å². The van der Waals surface area contributed by atoms with Crippen molar-refractivity contribution in [1.29, 1.82) is 0 Å². The van der Waals surface area contributed by atoms with Crippen LogP contribution < -0.4 is 0 Å². The van der Waals surface area contributed by atoms with Crippen molar-refractivity contribution in [3.8, 4) is 0 Å². The molecule has 2 nitrogen and oxygen atoms in total. The highest BCUT2D eigenvalue weighted by Gasteiger charge is 2.12. The number of ether oxygens (including phenoxy) is 1. The Hall–Kier alpha value is -1.31. The fraction of sp³-hybridized carbons (Fsp3) is 0.364. The topological polar surface area (TPSA) is 26.3 Å². The van der Waals surface area contributed by atoms with E-state index >= 15 is 0 Å². The number of rotatable bonds is 2. The lowest BCUT2D eigenvalue weighted by molar-refractivity contribution is 0.0599. The highest BCUT2D eigenvalue weighted by atomic mass is 16.5. The first-order valence-electron chi connectivity index (χ1n) is 4.34. The van der Waals surface area contributed by atoms with Crippen molar-refractivity contribution in [3.05, 3.63) is 35.4 Å². The molecular formula is C11H14O2. The smallest absolute Gasteiger partial charge is 0.338 e. The third kappa shape index (κ3) is 2.08. The van der Waals surface area contributed by atoms with Crippen LogP contribution in [-0.4, -0.2) is 13.1 Å². The Kier molecular flexibility index (Phi) is 3.07. The van der Waals surface area contributed by atoms with Gasteiger partial charge in [-0.25, -0.2) is 4.79 Å². The molecule has 13 heavy (non-hydrogen) atoms. The maximum absolute atomic E-state index is 11.3. The molecule has 0 aliphatic rings. The second kappa shape index (κ2) is 4.08. The SMILES string of the molecule is COC(=O)c1ccccc1C(C)C. The summed E-state index contributed by atoms with van der Waals surface area (Å²) in [5.74, 6) is 0.0830. The Morgan fingerprint density at radius 1 is 1.31 bits per heavy atom. The first-order valence-corrected chi connectivity index (χ1v) is 4.34. The first-order chi connectivity index (χ1) is 6.16. The number of hydrogen-bond donors (Lipinski definition) is 0. The molecule has 0 bridgehead atoms. The normalized spacial score (nSPS) is 10.2. The largest absolute Gasteiger partial charge is 0.465 e. The van der Waals surface area contributed by atoms with Gasteiger partial charge in [-0.3, -0.25) is 0 Å². The van der Waals surface area contributed by atoms with Crippen molar-refractivity contribution in [2.45, 2.75) is 19.8 Å². The zero-order valence-electron chi connectivity index (χ0n) is 8.20. The van der Waals surface area contributed by atoms with E-state index in [1.165, 1.54) is 7.11 Å². The van der Waals surface area contributed by atoms with Crippen molar-refractivity contribution in [2.24, 2.45) is 0 Å². The maximum atomic E-state index is 11.3. The minimum absolute atomic E-state index is 0.260. The molecule has 0 spiro atoms. The van der Waals surface area contributed by atoms with Crippen molar-refractivity contribution in [3.63, 3.8) is 0 Å². The summed E-state index contributed by atoms with van der Waals surface area (Å²) in [6.45, 7) is 4.11. The highest BCUT2D eigenvalue weighted by Crippen LogP contribution is 2.19. The maximum Gasteiger partial charge on any atom is 0.338 e. The van der Waals surface area contributed by atoms with Crippen molar-refractivity contribution < 1.29 is 9.53 Å². The molecule has 0 aliphatic carbocycles.